The normalized spacial score (nSPS) is 11.4. The summed E-state index contributed by atoms with van der Waals surface area (Å²) in [7, 11) is 0. The van der Waals surface area contributed by atoms with Crippen LogP contribution in [-0.4, -0.2) is 5.91 Å². The maximum absolute atomic E-state index is 11.9. The molecule has 1 aromatic carbocycles. The van der Waals surface area contributed by atoms with Crippen LogP contribution in [0.25, 0.3) is 0 Å². The second-order valence-corrected chi connectivity index (χ2v) is 7.18. The number of rotatable bonds is 3. The summed E-state index contributed by atoms with van der Waals surface area (Å²) in [5, 5.41) is 2.89. The minimum Gasteiger partial charge on any atom is -0.399 e. The Hall–Kier alpha value is -0.550. The molecule has 0 spiro atoms. The lowest BCUT2D eigenvalue weighted by Gasteiger charge is -2.18. The monoisotopic (exact) mass is 376 g/mol. The summed E-state index contributed by atoms with van der Waals surface area (Å²) in [6, 6.07) is 3.54. The number of halogens is 2. The number of nitrogens with one attached hydrogen (secondary N) is 1. The van der Waals surface area contributed by atoms with Crippen molar-refractivity contribution in [2.24, 2.45) is 5.41 Å². The van der Waals surface area contributed by atoms with Gasteiger partial charge in [-0.15, -0.1) is 0 Å². The lowest BCUT2D eigenvalue weighted by Crippen LogP contribution is -2.16. The molecule has 3 N–H and O–H groups in total. The highest BCUT2D eigenvalue weighted by Crippen LogP contribution is 2.33. The molecule has 5 heteroatoms. The number of hydrogen-bond donors (Lipinski definition) is 2. The number of nitrogen functional groups attached to an aromatic ring is 1. The topological polar surface area (TPSA) is 55.1 Å². The first kappa shape index (κ1) is 15.5. The van der Waals surface area contributed by atoms with Gasteiger partial charge in [-0.05, 0) is 55.8 Å². The molecule has 0 fully saturated rings. The van der Waals surface area contributed by atoms with Crippen molar-refractivity contribution >= 4 is 49.1 Å². The van der Waals surface area contributed by atoms with Gasteiger partial charge in [0.15, 0.2) is 0 Å². The van der Waals surface area contributed by atoms with E-state index in [1.54, 1.807) is 12.1 Å². The predicted molar refractivity (Wildman–Crippen MR) is 83.6 cm³/mol. The maximum atomic E-state index is 11.9. The first-order chi connectivity index (χ1) is 8.19. The Morgan fingerprint density at radius 2 is 1.78 bits per heavy atom. The third-order valence-corrected chi connectivity index (χ3v) is 3.68. The average molecular weight is 378 g/mol. The van der Waals surface area contributed by atoms with Crippen molar-refractivity contribution in [3.05, 3.63) is 21.1 Å². The van der Waals surface area contributed by atoms with Gasteiger partial charge in [0.1, 0.15) is 0 Å². The Labute approximate surface area is 125 Å². The SMILES string of the molecule is CC(C)(C)CCC(=O)Nc1c(Br)cc(N)cc1Br. The largest absolute Gasteiger partial charge is 0.399 e. The molecule has 0 bridgehead atoms. The van der Waals surface area contributed by atoms with Crippen LogP contribution in [0.3, 0.4) is 0 Å². The van der Waals surface area contributed by atoms with Crippen molar-refractivity contribution in [1.29, 1.82) is 0 Å². The van der Waals surface area contributed by atoms with E-state index in [2.05, 4.69) is 57.9 Å². The second-order valence-electron chi connectivity index (χ2n) is 5.47. The minimum atomic E-state index is 0.0103. The zero-order valence-electron chi connectivity index (χ0n) is 10.8. The molecular weight excluding hydrogens is 360 g/mol. The van der Waals surface area contributed by atoms with E-state index in [1.165, 1.54) is 0 Å². The van der Waals surface area contributed by atoms with Crippen LogP contribution in [0.15, 0.2) is 21.1 Å². The van der Waals surface area contributed by atoms with Gasteiger partial charge in [-0.3, -0.25) is 4.79 Å². The van der Waals surface area contributed by atoms with Crippen molar-refractivity contribution in [3.63, 3.8) is 0 Å². The van der Waals surface area contributed by atoms with Gasteiger partial charge in [-0.2, -0.15) is 0 Å². The highest BCUT2D eigenvalue weighted by atomic mass is 79.9. The van der Waals surface area contributed by atoms with Gasteiger partial charge < -0.3 is 11.1 Å². The van der Waals surface area contributed by atoms with Gasteiger partial charge in [0.05, 0.1) is 5.69 Å². The summed E-state index contributed by atoms with van der Waals surface area (Å²) >= 11 is 6.78. The number of carbonyl (C=O) groups is 1. The van der Waals surface area contributed by atoms with E-state index in [1.807, 2.05) is 0 Å². The Morgan fingerprint density at radius 1 is 1.28 bits per heavy atom. The molecule has 1 aromatic rings. The molecule has 0 aliphatic rings. The third-order valence-electron chi connectivity index (χ3n) is 2.43. The Bertz CT molecular complexity index is 430. The number of amides is 1. The average Bonchev–Trinajstić information content (AvgIpc) is 2.19. The number of benzene rings is 1. The van der Waals surface area contributed by atoms with Gasteiger partial charge in [0, 0.05) is 21.1 Å². The first-order valence-corrected chi connectivity index (χ1v) is 7.32. The van der Waals surface area contributed by atoms with Crippen LogP contribution in [0.2, 0.25) is 0 Å². The molecule has 0 heterocycles. The minimum absolute atomic E-state index is 0.0103. The molecule has 0 aromatic heterocycles. The molecule has 100 valence electrons. The molecule has 3 nitrogen and oxygen atoms in total. The summed E-state index contributed by atoms with van der Waals surface area (Å²) in [5.41, 5.74) is 7.23. The van der Waals surface area contributed by atoms with Crippen LogP contribution in [-0.2, 0) is 4.79 Å². The van der Waals surface area contributed by atoms with Crippen LogP contribution in [0.5, 0.6) is 0 Å². The molecule has 0 aliphatic carbocycles. The van der Waals surface area contributed by atoms with Crippen molar-refractivity contribution < 1.29 is 4.79 Å². The van der Waals surface area contributed by atoms with Gasteiger partial charge in [0.2, 0.25) is 5.91 Å². The number of hydrogen-bond acceptors (Lipinski definition) is 2. The molecule has 0 saturated heterocycles. The Balaban J connectivity index is 2.71. The lowest BCUT2D eigenvalue weighted by molar-refractivity contribution is -0.116. The van der Waals surface area contributed by atoms with Crippen molar-refractivity contribution in [1.82, 2.24) is 0 Å². The zero-order valence-corrected chi connectivity index (χ0v) is 14.0. The van der Waals surface area contributed by atoms with Gasteiger partial charge in [-0.25, -0.2) is 0 Å². The van der Waals surface area contributed by atoms with Crippen molar-refractivity contribution in [3.8, 4) is 0 Å². The second kappa shape index (κ2) is 6.06. The fourth-order valence-electron chi connectivity index (χ4n) is 1.40. The van der Waals surface area contributed by atoms with Gasteiger partial charge in [-0.1, -0.05) is 20.8 Å². The van der Waals surface area contributed by atoms with E-state index in [0.717, 1.165) is 21.1 Å². The molecule has 0 aliphatic heterocycles. The van der Waals surface area contributed by atoms with E-state index >= 15 is 0 Å². The fraction of sp³-hybridized carbons (Fsp3) is 0.462. The smallest absolute Gasteiger partial charge is 0.224 e. The Kier molecular flexibility index (Phi) is 5.22. The molecule has 1 rings (SSSR count). The van der Waals surface area contributed by atoms with E-state index in [-0.39, 0.29) is 11.3 Å². The molecular formula is C13H18Br2N2O. The first-order valence-electron chi connectivity index (χ1n) is 5.73. The molecule has 0 saturated carbocycles. The summed E-state index contributed by atoms with van der Waals surface area (Å²) in [4.78, 5) is 11.9. The number of carbonyl (C=O) groups excluding carboxylic acids is 1. The number of nitrogens with two attached hydrogens (primary N) is 1. The third kappa shape index (κ3) is 4.98. The van der Waals surface area contributed by atoms with Crippen LogP contribution in [0, 0.1) is 5.41 Å². The standard InChI is InChI=1S/C13H18Br2N2O/c1-13(2,3)5-4-11(18)17-12-9(14)6-8(16)7-10(12)15/h6-7H,4-5,16H2,1-3H3,(H,17,18). The van der Waals surface area contributed by atoms with Crippen molar-refractivity contribution in [2.45, 2.75) is 33.6 Å². The Morgan fingerprint density at radius 3 is 2.22 bits per heavy atom. The maximum Gasteiger partial charge on any atom is 0.224 e. The molecule has 0 radical (unpaired) electrons. The predicted octanol–water partition coefficient (Wildman–Crippen LogP) is 4.56. The van der Waals surface area contributed by atoms with Crippen LogP contribution < -0.4 is 11.1 Å². The summed E-state index contributed by atoms with van der Waals surface area (Å²) in [6.45, 7) is 6.36. The highest BCUT2D eigenvalue weighted by Gasteiger charge is 2.15. The van der Waals surface area contributed by atoms with E-state index in [4.69, 9.17) is 5.73 Å². The van der Waals surface area contributed by atoms with Gasteiger partial charge >= 0.3 is 0 Å². The molecule has 18 heavy (non-hydrogen) atoms. The molecule has 0 atom stereocenters. The highest BCUT2D eigenvalue weighted by molar-refractivity contribution is 9.11. The fourth-order valence-corrected chi connectivity index (χ4v) is 2.82. The zero-order chi connectivity index (χ0) is 13.9. The van der Waals surface area contributed by atoms with Crippen LogP contribution >= 0.6 is 31.9 Å². The van der Waals surface area contributed by atoms with Crippen molar-refractivity contribution in [2.75, 3.05) is 11.1 Å². The quantitative estimate of drug-likeness (QED) is 0.758. The van der Waals surface area contributed by atoms with E-state index in [0.29, 0.717) is 12.1 Å². The molecule has 1 amide bonds. The summed E-state index contributed by atoms with van der Waals surface area (Å²) in [5.74, 6) is 0.0103. The van der Waals surface area contributed by atoms with Crippen LogP contribution in [0.4, 0.5) is 11.4 Å². The van der Waals surface area contributed by atoms with E-state index < -0.39 is 0 Å². The van der Waals surface area contributed by atoms with E-state index in [9.17, 15) is 4.79 Å². The lowest BCUT2D eigenvalue weighted by atomic mass is 9.90. The van der Waals surface area contributed by atoms with Gasteiger partial charge in [0.25, 0.3) is 0 Å². The summed E-state index contributed by atoms with van der Waals surface area (Å²) in [6.07, 6.45) is 1.36. The number of anilines is 2. The molecule has 0 unspecified atom stereocenters. The van der Waals surface area contributed by atoms with Crippen LogP contribution in [0.1, 0.15) is 33.6 Å². The summed E-state index contributed by atoms with van der Waals surface area (Å²) < 4.78 is 1.55.